The molecule has 0 saturated carbocycles. The van der Waals surface area contributed by atoms with Crippen LogP contribution in [0.2, 0.25) is 5.02 Å². The zero-order chi connectivity index (χ0) is 19.5. The van der Waals surface area contributed by atoms with E-state index in [2.05, 4.69) is 0 Å². The molecule has 0 unspecified atom stereocenters. The number of methoxy groups -OCH3 is 1. The van der Waals surface area contributed by atoms with Gasteiger partial charge in [0.05, 0.1) is 30.7 Å². The predicted octanol–water partition coefficient (Wildman–Crippen LogP) is 4.53. The number of hydrogen-bond donors (Lipinski definition) is 0. The van der Waals surface area contributed by atoms with E-state index in [0.29, 0.717) is 33.4 Å². The largest absolute Gasteiger partial charge is 0.496 e. The van der Waals surface area contributed by atoms with Gasteiger partial charge in [-0.3, -0.25) is 9.36 Å². The van der Waals surface area contributed by atoms with E-state index in [1.165, 1.54) is 11.8 Å². The Hall–Kier alpha value is -2.02. The number of nitrogens with zero attached hydrogens (tertiary/aromatic N) is 2. The van der Waals surface area contributed by atoms with Crippen LogP contribution in [0.1, 0.15) is 18.4 Å². The second-order valence-electron chi connectivity index (χ2n) is 6.71. The maximum Gasteiger partial charge on any atom is 0.262 e. The Morgan fingerprint density at radius 3 is 2.96 bits per heavy atom. The molecule has 0 bridgehead atoms. The fraction of sp³-hybridized carbons (Fsp3) is 0.333. The van der Waals surface area contributed by atoms with Gasteiger partial charge in [0.25, 0.3) is 5.56 Å². The molecule has 3 aromatic rings. The molecule has 4 rings (SSSR count). The van der Waals surface area contributed by atoms with Crippen LogP contribution in [0.5, 0.6) is 5.75 Å². The second-order valence-corrected chi connectivity index (χ2v) is 8.09. The summed E-state index contributed by atoms with van der Waals surface area (Å²) in [5.41, 5.74) is 1.64. The van der Waals surface area contributed by atoms with E-state index in [1.54, 1.807) is 17.7 Å². The maximum atomic E-state index is 13.1. The minimum absolute atomic E-state index is 0.0262. The lowest BCUT2D eigenvalue weighted by Gasteiger charge is -2.17. The van der Waals surface area contributed by atoms with Crippen molar-refractivity contribution in [3.63, 3.8) is 0 Å². The molecule has 2 aromatic carbocycles. The highest BCUT2D eigenvalue weighted by atomic mass is 35.5. The first-order valence-corrected chi connectivity index (χ1v) is 10.6. The standard InChI is InChI=1S/C21H21ClN2O3S/c1-26-19-9-8-15(22)11-14(19)13-28-21-23-18-7-3-2-6-17(18)20(25)24(21)12-16-5-4-10-27-16/h2-3,6-9,11,16H,4-5,10,12-13H2,1H3/t16-/m0/s1. The molecule has 0 N–H and O–H groups in total. The molecule has 1 aliphatic rings. The summed E-state index contributed by atoms with van der Waals surface area (Å²) in [6.07, 6.45) is 2.05. The van der Waals surface area contributed by atoms with E-state index in [-0.39, 0.29) is 11.7 Å². The van der Waals surface area contributed by atoms with Crippen molar-refractivity contribution in [3.05, 3.63) is 63.4 Å². The molecule has 7 heteroatoms. The number of aromatic nitrogens is 2. The molecule has 0 aliphatic carbocycles. The Bertz CT molecular complexity index is 1050. The zero-order valence-corrected chi connectivity index (χ0v) is 17.1. The molecule has 146 valence electrons. The number of fused-ring (bicyclic) bond motifs is 1. The van der Waals surface area contributed by atoms with Crippen molar-refractivity contribution in [2.24, 2.45) is 0 Å². The van der Waals surface area contributed by atoms with Gasteiger partial charge in [-0.1, -0.05) is 35.5 Å². The molecule has 0 radical (unpaired) electrons. The van der Waals surface area contributed by atoms with E-state index in [1.807, 2.05) is 36.4 Å². The third-order valence-corrected chi connectivity index (χ3v) is 6.10. The lowest BCUT2D eigenvalue weighted by Crippen LogP contribution is -2.28. The highest BCUT2D eigenvalue weighted by Crippen LogP contribution is 2.30. The van der Waals surface area contributed by atoms with Gasteiger partial charge >= 0.3 is 0 Å². The normalized spacial score (nSPS) is 16.6. The summed E-state index contributed by atoms with van der Waals surface area (Å²) < 4.78 is 12.9. The molecule has 28 heavy (non-hydrogen) atoms. The van der Waals surface area contributed by atoms with Crippen molar-refractivity contribution in [2.45, 2.75) is 36.4 Å². The van der Waals surface area contributed by atoms with Gasteiger partial charge in [0, 0.05) is 22.9 Å². The molecular weight excluding hydrogens is 396 g/mol. The van der Waals surface area contributed by atoms with E-state index >= 15 is 0 Å². The molecule has 0 amide bonds. The van der Waals surface area contributed by atoms with Crippen LogP contribution in [-0.2, 0) is 17.0 Å². The van der Waals surface area contributed by atoms with Crippen LogP contribution in [-0.4, -0.2) is 29.4 Å². The number of rotatable bonds is 6. The van der Waals surface area contributed by atoms with E-state index in [9.17, 15) is 4.79 Å². The van der Waals surface area contributed by atoms with Gasteiger partial charge in [0.15, 0.2) is 5.16 Å². The predicted molar refractivity (Wildman–Crippen MR) is 113 cm³/mol. The number of hydrogen-bond acceptors (Lipinski definition) is 5. The Balaban J connectivity index is 1.70. The summed E-state index contributed by atoms with van der Waals surface area (Å²) in [7, 11) is 1.64. The minimum Gasteiger partial charge on any atom is -0.496 e. The Labute approximate surface area is 172 Å². The highest BCUT2D eigenvalue weighted by molar-refractivity contribution is 7.98. The number of para-hydroxylation sites is 1. The smallest absolute Gasteiger partial charge is 0.262 e. The van der Waals surface area contributed by atoms with Crippen molar-refractivity contribution < 1.29 is 9.47 Å². The molecule has 5 nitrogen and oxygen atoms in total. The number of thioether (sulfide) groups is 1. The van der Waals surface area contributed by atoms with Gasteiger partial charge in [-0.15, -0.1) is 0 Å². The molecule has 1 aromatic heterocycles. The van der Waals surface area contributed by atoms with Crippen LogP contribution >= 0.6 is 23.4 Å². The zero-order valence-electron chi connectivity index (χ0n) is 15.6. The molecule has 1 aliphatic heterocycles. The summed E-state index contributed by atoms with van der Waals surface area (Å²) in [6, 6.07) is 13.0. The van der Waals surface area contributed by atoms with Gasteiger partial charge in [-0.25, -0.2) is 4.98 Å². The van der Waals surface area contributed by atoms with Crippen molar-refractivity contribution in [3.8, 4) is 5.75 Å². The summed E-state index contributed by atoms with van der Waals surface area (Å²) in [5.74, 6) is 1.37. The van der Waals surface area contributed by atoms with Gasteiger partial charge in [0.1, 0.15) is 5.75 Å². The SMILES string of the molecule is COc1ccc(Cl)cc1CSc1nc2ccccc2c(=O)n1C[C@@H]1CCCO1. The third kappa shape index (κ3) is 4.04. The summed E-state index contributed by atoms with van der Waals surface area (Å²) >= 11 is 7.66. The van der Waals surface area contributed by atoms with E-state index in [0.717, 1.165) is 30.8 Å². The minimum atomic E-state index is -0.0262. The van der Waals surface area contributed by atoms with Crippen molar-refractivity contribution in [2.75, 3.05) is 13.7 Å². The summed E-state index contributed by atoms with van der Waals surface area (Å²) in [4.78, 5) is 17.9. The van der Waals surface area contributed by atoms with Crippen LogP contribution in [0.25, 0.3) is 10.9 Å². The monoisotopic (exact) mass is 416 g/mol. The Kier molecular flexibility index (Phi) is 5.90. The maximum absolute atomic E-state index is 13.1. The average Bonchev–Trinajstić information content (AvgIpc) is 3.22. The fourth-order valence-electron chi connectivity index (χ4n) is 3.41. The van der Waals surface area contributed by atoms with Crippen molar-refractivity contribution >= 4 is 34.3 Å². The first-order valence-electron chi connectivity index (χ1n) is 9.22. The van der Waals surface area contributed by atoms with Crippen molar-refractivity contribution in [1.29, 1.82) is 0 Å². The molecule has 1 saturated heterocycles. The lowest BCUT2D eigenvalue weighted by atomic mass is 10.2. The Morgan fingerprint density at radius 1 is 1.32 bits per heavy atom. The van der Waals surface area contributed by atoms with Crippen LogP contribution in [0.15, 0.2) is 52.4 Å². The molecule has 1 fully saturated rings. The van der Waals surface area contributed by atoms with E-state index < -0.39 is 0 Å². The fourth-order valence-corrected chi connectivity index (χ4v) is 4.59. The number of benzene rings is 2. The number of ether oxygens (including phenoxy) is 2. The third-order valence-electron chi connectivity index (χ3n) is 4.84. The average molecular weight is 417 g/mol. The first-order chi connectivity index (χ1) is 13.7. The van der Waals surface area contributed by atoms with Crippen molar-refractivity contribution in [1.82, 2.24) is 9.55 Å². The highest BCUT2D eigenvalue weighted by Gasteiger charge is 2.20. The van der Waals surface area contributed by atoms with Gasteiger partial charge in [-0.2, -0.15) is 0 Å². The van der Waals surface area contributed by atoms with E-state index in [4.69, 9.17) is 26.1 Å². The summed E-state index contributed by atoms with van der Waals surface area (Å²) in [5, 5.41) is 1.96. The lowest BCUT2D eigenvalue weighted by molar-refractivity contribution is 0.0937. The molecule has 2 heterocycles. The molecular formula is C21H21ClN2O3S. The summed E-state index contributed by atoms with van der Waals surface area (Å²) in [6.45, 7) is 1.27. The van der Waals surface area contributed by atoms with Gasteiger partial charge in [0.2, 0.25) is 0 Å². The van der Waals surface area contributed by atoms with Crippen LogP contribution in [0.3, 0.4) is 0 Å². The van der Waals surface area contributed by atoms with Crippen LogP contribution in [0, 0.1) is 0 Å². The van der Waals surface area contributed by atoms with Gasteiger partial charge < -0.3 is 9.47 Å². The quantitative estimate of drug-likeness (QED) is 0.436. The number of halogens is 1. The topological polar surface area (TPSA) is 53.3 Å². The molecule has 1 atom stereocenters. The first kappa shape index (κ1) is 19.3. The second kappa shape index (κ2) is 8.55. The van der Waals surface area contributed by atoms with Crippen LogP contribution < -0.4 is 10.3 Å². The van der Waals surface area contributed by atoms with Crippen LogP contribution in [0.4, 0.5) is 0 Å². The Morgan fingerprint density at radius 2 is 2.18 bits per heavy atom. The van der Waals surface area contributed by atoms with Gasteiger partial charge in [-0.05, 0) is 43.2 Å². The molecule has 0 spiro atoms.